The number of allylic oxidation sites excluding steroid dienone is 8. The summed E-state index contributed by atoms with van der Waals surface area (Å²) < 4.78 is 17.0. The van der Waals surface area contributed by atoms with Crippen molar-refractivity contribution in [1.82, 2.24) is 0 Å². The van der Waals surface area contributed by atoms with Gasteiger partial charge in [-0.25, -0.2) is 0 Å². The van der Waals surface area contributed by atoms with Crippen molar-refractivity contribution >= 4 is 17.9 Å². The molecule has 0 aliphatic carbocycles. The Bertz CT molecular complexity index is 1410. The lowest BCUT2D eigenvalue weighted by Gasteiger charge is -2.18. The van der Waals surface area contributed by atoms with Crippen molar-refractivity contribution in [3.63, 3.8) is 0 Å². The monoisotopic (exact) mass is 1150 g/mol. The summed E-state index contributed by atoms with van der Waals surface area (Å²) >= 11 is 0. The summed E-state index contributed by atoms with van der Waals surface area (Å²) in [6.45, 7) is 6.68. The topological polar surface area (TPSA) is 78.9 Å². The van der Waals surface area contributed by atoms with Crippen LogP contribution in [0.5, 0.6) is 0 Å². The minimum atomic E-state index is -0.779. The summed E-state index contributed by atoms with van der Waals surface area (Å²) in [7, 11) is 0. The first-order chi connectivity index (χ1) is 40.5. The van der Waals surface area contributed by atoms with E-state index in [0.29, 0.717) is 19.3 Å². The molecule has 0 saturated heterocycles. The van der Waals surface area contributed by atoms with Gasteiger partial charge in [-0.15, -0.1) is 0 Å². The highest BCUT2D eigenvalue weighted by atomic mass is 16.6. The smallest absolute Gasteiger partial charge is 0.306 e. The van der Waals surface area contributed by atoms with Crippen LogP contribution in [-0.4, -0.2) is 37.2 Å². The summed E-state index contributed by atoms with van der Waals surface area (Å²) in [5, 5.41) is 0. The number of rotatable bonds is 68. The molecular formula is C76H140O6. The van der Waals surface area contributed by atoms with Crippen molar-refractivity contribution < 1.29 is 28.6 Å². The van der Waals surface area contributed by atoms with Crippen LogP contribution in [0.3, 0.4) is 0 Å². The van der Waals surface area contributed by atoms with Gasteiger partial charge in [-0.3, -0.25) is 14.4 Å². The Morgan fingerprint density at radius 2 is 0.439 bits per heavy atom. The number of carbonyl (C=O) groups excluding carboxylic acids is 3. The second kappa shape index (κ2) is 70.9. The molecule has 0 N–H and O–H groups in total. The average Bonchev–Trinajstić information content (AvgIpc) is 3.47. The van der Waals surface area contributed by atoms with Crippen molar-refractivity contribution in [1.29, 1.82) is 0 Å². The van der Waals surface area contributed by atoms with Crippen LogP contribution in [0, 0.1) is 0 Å². The molecule has 0 rings (SSSR count). The molecule has 480 valence electrons. The highest BCUT2D eigenvalue weighted by Crippen LogP contribution is 2.18. The van der Waals surface area contributed by atoms with Crippen LogP contribution in [0.25, 0.3) is 0 Å². The van der Waals surface area contributed by atoms with E-state index in [1.54, 1.807) is 0 Å². The van der Waals surface area contributed by atoms with Crippen molar-refractivity contribution in [3.8, 4) is 0 Å². The molecule has 1 atom stereocenters. The lowest BCUT2D eigenvalue weighted by atomic mass is 10.0. The van der Waals surface area contributed by atoms with Gasteiger partial charge >= 0.3 is 17.9 Å². The third-order valence-electron chi connectivity index (χ3n) is 16.6. The van der Waals surface area contributed by atoms with Crippen molar-refractivity contribution in [2.45, 2.75) is 406 Å². The molecule has 0 radical (unpaired) electrons. The van der Waals surface area contributed by atoms with Gasteiger partial charge in [0.25, 0.3) is 0 Å². The van der Waals surface area contributed by atoms with Crippen LogP contribution in [0.1, 0.15) is 400 Å². The molecule has 0 aromatic rings. The molecule has 1 unspecified atom stereocenters. The van der Waals surface area contributed by atoms with Gasteiger partial charge in [0.15, 0.2) is 6.10 Å². The molecule has 0 aliphatic heterocycles. The van der Waals surface area contributed by atoms with Gasteiger partial charge in [0, 0.05) is 19.3 Å². The van der Waals surface area contributed by atoms with E-state index in [1.165, 1.54) is 283 Å². The van der Waals surface area contributed by atoms with E-state index in [1.807, 2.05) is 0 Å². The molecule has 0 spiro atoms. The fourth-order valence-electron chi connectivity index (χ4n) is 11.0. The lowest BCUT2D eigenvalue weighted by molar-refractivity contribution is -0.167. The quantitative estimate of drug-likeness (QED) is 0.0261. The average molecular weight is 1150 g/mol. The van der Waals surface area contributed by atoms with Gasteiger partial charge in [-0.2, -0.15) is 0 Å². The van der Waals surface area contributed by atoms with E-state index in [-0.39, 0.29) is 31.1 Å². The second-order valence-electron chi connectivity index (χ2n) is 24.9. The molecule has 6 nitrogen and oxygen atoms in total. The zero-order valence-electron chi connectivity index (χ0n) is 55.3. The van der Waals surface area contributed by atoms with Crippen molar-refractivity contribution in [2.24, 2.45) is 0 Å². The lowest BCUT2D eigenvalue weighted by Crippen LogP contribution is -2.30. The number of carbonyl (C=O) groups is 3. The summed E-state index contributed by atoms with van der Waals surface area (Å²) in [4.78, 5) is 38.5. The van der Waals surface area contributed by atoms with Crippen LogP contribution >= 0.6 is 0 Å². The second-order valence-corrected chi connectivity index (χ2v) is 24.9. The molecular weight excluding hydrogens is 1010 g/mol. The fraction of sp³-hybridized carbons (Fsp3) is 0.855. The molecule has 0 fully saturated rings. The van der Waals surface area contributed by atoms with Crippen molar-refractivity contribution in [3.05, 3.63) is 48.6 Å². The Labute approximate surface area is 511 Å². The van der Waals surface area contributed by atoms with Crippen LogP contribution < -0.4 is 0 Å². The first-order valence-corrected chi connectivity index (χ1v) is 36.6. The minimum absolute atomic E-state index is 0.0731. The molecule has 82 heavy (non-hydrogen) atoms. The highest BCUT2D eigenvalue weighted by Gasteiger charge is 2.19. The zero-order chi connectivity index (χ0) is 59.2. The number of esters is 3. The molecule has 0 amide bonds. The van der Waals surface area contributed by atoms with Gasteiger partial charge in [0.1, 0.15) is 13.2 Å². The predicted molar refractivity (Wildman–Crippen MR) is 358 cm³/mol. The SMILES string of the molecule is CCCCCC/C=C\C/C=C\CCCCCCCCCC(=O)OCC(COC(=O)CCCCCCCCCCCCCCCCCCCCCCCCCCC)OC(=O)CCCCCCCCCCC/C=C\C/C=C\CCCCCCC. The number of unbranched alkanes of at least 4 members (excludes halogenated alkanes) is 49. The Morgan fingerprint density at radius 3 is 0.683 bits per heavy atom. The van der Waals surface area contributed by atoms with Gasteiger partial charge < -0.3 is 14.2 Å². The summed E-state index contributed by atoms with van der Waals surface area (Å²) in [6.07, 6.45) is 90.0. The summed E-state index contributed by atoms with van der Waals surface area (Å²) in [5.41, 5.74) is 0. The Hall–Kier alpha value is -2.63. The number of ether oxygens (including phenoxy) is 3. The Balaban J connectivity index is 4.31. The number of hydrogen-bond donors (Lipinski definition) is 0. The molecule has 6 heteroatoms. The molecule has 0 bridgehead atoms. The third kappa shape index (κ3) is 68.2. The standard InChI is InChI=1S/C76H140O6/c1-4-7-10-13-16-19-22-25-28-31-34-36-37-38-39-41-42-45-48-51-54-57-60-63-66-69-75(78)81-72-73(71-80-74(77)68-65-62-59-56-53-50-47-44-33-30-27-24-21-18-15-12-9-6-3)82-76(79)70-67-64-61-58-55-52-49-46-43-40-35-32-29-26-23-20-17-14-11-8-5-2/h21,23-24,26,30,32-33,35,73H,4-20,22,25,27-29,31,34,36-72H2,1-3H3/b24-21-,26-23-,33-30-,35-32-. The first-order valence-electron chi connectivity index (χ1n) is 36.6. The van der Waals surface area contributed by atoms with Gasteiger partial charge in [0.2, 0.25) is 0 Å². The molecule has 0 aromatic carbocycles. The zero-order valence-corrected chi connectivity index (χ0v) is 55.3. The van der Waals surface area contributed by atoms with E-state index >= 15 is 0 Å². The van der Waals surface area contributed by atoms with Crippen LogP contribution in [0.2, 0.25) is 0 Å². The number of hydrogen-bond acceptors (Lipinski definition) is 6. The van der Waals surface area contributed by atoms with E-state index in [4.69, 9.17) is 14.2 Å². The largest absolute Gasteiger partial charge is 0.462 e. The maximum Gasteiger partial charge on any atom is 0.306 e. The maximum absolute atomic E-state index is 13.0. The van der Waals surface area contributed by atoms with Crippen LogP contribution in [-0.2, 0) is 28.6 Å². The third-order valence-corrected chi connectivity index (χ3v) is 16.6. The first kappa shape index (κ1) is 79.4. The van der Waals surface area contributed by atoms with E-state index in [9.17, 15) is 14.4 Å². The maximum atomic E-state index is 13.0. The molecule has 0 heterocycles. The molecule has 0 aliphatic rings. The van der Waals surface area contributed by atoms with Crippen molar-refractivity contribution in [2.75, 3.05) is 13.2 Å². The van der Waals surface area contributed by atoms with Crippen LogP contribution in [0.15, 0.2) is 48.6 Å². The summed E-state index contributed by atoms with van der Waals surface area (Å²) in [6, 6.07) is 0. The van der Waals surface area contributed by atoms with Crippen LogP contribution in [0.4, 0.5) is 0 Å². The Kier molecular flexibility index (Phi) is 68.6. The highest BCUT2D eigenvalue weighted by molar-refractivity contribution is 5.71. The molecule has 0 saturated carbocycles. The Morgan fingerprint density at radius 1 is 0.244 bits per heavy atom. The van der Waals surface area contributed by atoms with E-state index < -0.39 is 6.10 Å². The van der Waals surface area contributed by atoms with E-state index in [2.05, 4.69) is 69.4 Å². The van der Waals surface area contributed by atoms with Gasteiger partial charge in [0.05, 0.1) is 0 Å². The van der Waals surface area contributed by atoms with E-state index in [0.717, 1.165) is 77.0 Å². The van der Waals surface area contributed by atoms with Gasteiger partial charge in [-0.05, 0) is 83.5 Å². The molecule has 0 aromatic heterocycles. The fourth-order valence-corrected chi connectivity index (χ4v) is 11.0. The predicted octanol–water partition coefficient (Wildman–Crippen LogP) is 25.3. The summed E-state index contributed by atoms with van der Waals surface area (Å²) in [5.74, 6) is -0.857. The normalized spacial score (nSPS) is 12.3. The van der Waals surface area contributed by atoms with Gasteiger partial charge in [-0.1, -0.05) is 345 Å². The minimum Gasteiger partial charge on any atom is -0.462 e.